The Balaban J connectivity index is 0.000000587. The number of aliphatic carboxylic acids is 1. The van der Waals surface area contributed by atoms with Gasteiger partial charge in [-0.3, -0.25) is 10.4 Å². The number of aromatic amines is 1. The molecule has 0 aliphatic heterocycles. The van der Waals surface area contributed by atoms with Gasteiger partial charge in [0.1, 0.15) is 17.6 Å². The molecule has 16 heteroatoms. The van der Waals surface area contributed by atoms with E-state index in [9.17, 15) is 23.1 Å². The Bertz CT molecular complexity index is 1540. The van der Waals surface area contributed by atoms with E-state index in [1.807, 2.05) is 13.0 Å². The molecule has 7 N–H and O–H groups in total. The third-order valence-corrected chi connectivity index (χ3v) is 5.22. The summed E-state index contributed by atoms with van der Waals surface area (Å²) < 4.78 is 38.5. The minimum Gasteiger partial charge on any atom is -0.494 e. The van der Waals surface area contributed by atoms with Crippen molar-refractivity contribution < 1.29 is 32.9 Å². The number of nitrogens with two attached hydrogens (primary N) is 1. The molecule has 0 saturated heterocycles. The number of H-pyrrole nitrogens is 1. The summed E-state index contributed by atoms with van der Waals surface area (Å²) in [6.45, 7) is 2.14. The molecule has 216 valence electrons. The Morgan fingerprint density at radius 3 is 2.37 bits per heavy atom. The minimum absolute atomic E-state index is 0.0361. The molecule has 0 bridgehead atoms. The van der Waals surface area contributed by atoms with E-state index in [4.69, 9.17) is 25.8 Å². The van der Waals surface area contributed by atoms with E-state index in [1.165, 1.54) is 12.4 Å². The van der Waals surface area contributed by atoms with Crippen molar-refractivity contribution in [3.05, 3.63) is 93.9 Å². The number of carboxylic acids is 1. The number of hydrogen-bond donors (Lipinski definition) is 6. The molecule has 0 fully saturated rings. The molecule has 0 radical (unpaired) electrons. The summed E-state index contributed by atoms with van der Waals surface area (Å²) in [5.74, 6) is -1.77. The number of nitrogen functional groups attached to an aromatic ring is 1. The van der Waals surface area contributed by atoms with Gasteiger partial charge in [0.05, 0.1) is 13.2 Å². The monoisotopic (exact) mass is 574 g/mol. The molecular formula is C25H25F3N8O5. The molecule has 1 atom stereocenters. The van der Waals surface area contributed by atoms with Gasteiger partial charge in [0, 0.05) is 23.6 Å². The second-order valence-electron chi connectivity index (χ2n) is 8.15. The molecule has 4 aromatic rings. The highest BCUT2D eigenvalue weighted by atomic mass is 19.4. The van der Waals surface area contributed by atoms with Crippen molar-refractivity contribution in [3.8, 4) is 11.7 Å². The number of anilines is 1. The standard InChI is InChI=1S/C23H24N8O3.C2HF3O2/c1-2-34-18-11-14(13-32)10-16(12-18)19(28-17-6-4-15(5-7-17)20(24)25)21-29-23(33)31(30-21)22-26-8-3-9-27-22;3-2(4,5)1(6)7/h3-12,19,28,32H,2,13H2,1H3,(H3,24,25)(H,29,30,33);(H,6,7). The summed E-state index contributed by atoms with van der Waals surface area (Å²) in [6, 6.07) is 13.4. The van der Waals surface area contributed by atoms with E-state index in [1.54, 1.807) is 42.5 Å². The average Bonchev–Trinajstić information content (AvgIpc) is 3.33. The molecule has 4 rings (SSSR count). The number of carboxylic acid groups (broad SMARTS) is 1. The molecule has 41 heavy (non-hydrogen) atoms. The van der Waals surface area contributed by atoms with Crippen molar-refractivity contribution in [2.24, 2.45) is 5.73 Å². The van der Waals surface area contributed by atoms with E-state index in [0.717, 1.165) is 4.68 Å². The third kappa shape index (κ3) is 8.12. The normalized spacial score (nSPS) is 11.6. The number of ether oxygens (including phenoxy) is 1. The van der Waals surface area contributed by atoms with Crippen LogP contribution in [0.1, 0.15) is 35.5 Å². The van der Waals surface area contributed by atoms with Crippen LogP contribution in [0.5, 0.6) is 5.75 Å². The number of amidine groups is 1. The van der Waals surface area contributed by atoms with Crippen LogP contribution in [0.25, 0.3) is 5.95 Å². The Morgan fingerprint density at radius 1 is 1.20 bits per heavy atom. The van der Waals surface area contributed by atoms with Crippen LogP contribution in [-0.2, 0) is 11.4 Å². The topological polar surface area (TPSA) is 205 Å². The molecular weight excluding hydrogens is 549 g/mol. The van der Waals surface area contributed by atoms with Gasteiger partial charge >= 0.3 is 17.8 Å². The average molecular weight is 575 g/mol. The number of alkyl halides is 3. The molecule has 0 amide bonds. The number of nitrogens with zero attached hydrogens (tertiary/aromatic N) is 4. The molecule has 1 unspecified atom stereocenters. The molecule has 0 aliphatic carbocycles. The lowest BCUT2D eigenvalue weighted by Crippen LogP contribution is -2.21. The van der Waals surface area contributed by atoms with Crippen LogP contribution < -0.4 is 21.5 Å². The van der Waals surface area contributed by atoms with E-state index < -0.39 is 23.9 Å². The maximum absolute atomic E-state index is 12.7. The van der Waals surface area contributed by atoms with Crippen molar-refractivity contribution >= 4 is 17.5 Å². The lowest BCUT2D eigenvalue weighted by Gasteiger charge is -2.20. The summed E-state index contributed by atoms with van der Waals surface area (Å²) in [5, 5.41) is 32.3. The van der Waals surface area contributed by atoms with Crippen molar-refractivity contribution in [2.75, 3.05) is 11.9 Å². The Labute approximate surface area is 230 Å². The molecule has 13 nitrogen and oxygen atoms in total. The summed E-state index contributed by atoms with van der Waals surface area (Å²) in [5.41, 5.74) is 7.71. The molecule has 0 aliphatic rings. The first-order valence-corrected chi connectivity index (χ1v) is 11.8. The quantitative estimate of drug-likeness (QED) is 0.127. The van der Waals surface area contributed by atoms with Crippen LogP contribution in [0.4, 0.5) is 18.9 Å². The van der Waals surface area contributed by atoms with Gasteiger partial charge in [-0.1, -0.05) is 6.07 Å². The third-order valence-electron chi connectivity index (χ3n) is 5.22. The second-order valence-corrected chi connectivity index (χ2v) is 8.15. The van der Waals surface area contributed by atoms with E-state index in [-0.39, 0.29) is 18.4 Å². The molecule has 2 aromatic heterocycles. The van der Waals surface area contributed by atoms with Crippen LogP contribution in [-0.4, -0.2) is 59.5 Å². The predicted molar refractivity (Wildman–Crippen MR) is 140 cm³/mol. The lowest BCUT2D eigenvalue weighted by molar-refractivity contribution is -0.192. The number of aliphatic hydroxyl groups is 1. The number of aromatic nitrogens is 5. The zero-order valence-corrected chi connectivity index (χ0v) is 21.4. The molecule has 0 saturated carbocycles. The van der Waals surface area contributed by atoms with Gasteiger partial charge in [0.25, 0.3) is 5.95 Å². The van der Waals surface area contributed by atoms with Crippen molar-refractivity contribution in [1.82, 2.24) is 24.7 Å². The SMILES string of the molecule is CCOc1cc(CO)cc(C(Nc2ccc(C(=N)N)cc2)c2nn(-c3ncccn3)c(=O)[nH]2)c1.O=C(O)C(F)(F)F. The van der Waals surface area contributed by atoms with E-state index >= 15 is 0 Å². The Morgan fingerprint density at radius 2 is 1.83 bits per heavy atom. The first-order valence-electron chi connectivity index (χ1n) is 11.8. The fourth-order valence-corrected chi connectivity index (χ4v) is 3.42. The molecule has 2 aromatic carbocycles. The maximum atomic E-state index is 12.7. The maximum Gasteiger partial charge on any atom is 0.490 e. The van der Waals surface area contributed by atoms with Crippen LogP contribution >= 0.6 is 0 Å². The fourth-order valence-electron chi connectivity index (χ4n) is 3.42. The van der Waals surface area contributed by atoms with Crippen LogP contribution in [0, 0.1) is 5.41 Å². The van der Waals surface area contributed by atoms with Gasteiger partial charge in [-0.2, -0.15) is 13.2 Å². The van der Waals surface area contributed by atoms with Gasteiger partial charge in [-0.15, -0.1) is 9.78 Å². The van der Waals surface area contributed by atoms with Gasteiger partial charge < -0.3 is 26.0 Å². The van der Waals surface area contributed by atoms with Gasteiger partial charge in [0.15, 0.2) is 5.82 Å². The summed E-state index contributed by atoms with van der Waals surface area (Å²) in [7, 11) is 0. The largest absolute Gasteiger partial charge is 0.494 e. The van der Waals surface area contributed by atoms with Crippen LogP contribution in [0.15, 0.2) is 65.7 Å². The number of aliphatic hydroxyl groups excluding tert-OH is 1. The van der Waals surface area contributed by atoms with Crippen molar-refractivity contribution in [2.45, 2.75) is 25.7 Å². The lowest BCUT2D eigenvalue weighted by atomic mass is 10.0. The van der Waals surface area contributed by atoms with Crippen LogP contribution in [0.2, 0.25) is 0 Å². The number of rotatable bonds is 9. The highest BCUT2D eigenvalue weighted by molar-refractivity contribution is 5.95. The highest BCUT2D eigenvalue weighted by Gasteiger charge is 2.38. The minimum atomic E-state index is -5.08. The summed E-state index contributed by atoms with van der Waals surface area (Å²) >= 11 is 0. The Kier molecular flexibility index (Phi) is 9.76. The van der Waals surface area contributed by atoms with E-state index in [2.05, 4.69) is 25.4 Å². The zero-order chi connectivity index (χ0) is 30.2. The summed E-state index contributed by atoms with van der Waals surface area (Å²) in [4.78, 5) is 32.5. The number of carbonyl (C=O) groups is 1. The first kappa shape index (κ1) is 30.3. The molecule has 2 heterocycles. The Hall–Kier alpha value is -5.25. The van der Waals surface area contributed by atoms with Crippen molar-refractivity contribution in [1.29, 1.82) is 5.41 Å². The predicted octanol–water partition coefficient (Wildman–Crippen LogP) is 2.36. The van der Waals surface area contributed by atoms with Gasteiger partial charge in [0.2, 0.25) is 0 Å². The number of benzene rings is 2. The number of halogens is 3. The second kappa shape index (κ2) is 13.2. The van der Waals surface area contributed by atoms with Crippen molar-refractivity contribution in [3.63, 3.8) is 0 Å². The number of hydrogen-bond acceptors (Lipinski definition) is 9. The highest BCUT2D eigenvalue weighted by Crippen LogP contribution is 2.29. The zero-order valence-electron chi connectivity index (χ0n) is 21.4. The van der Waals surface area contributed by atoms with Crippen LogP contribution in [0.3, 0.4) is 0 Å². The van der Waals surface area contributed by atoms with Gasteiger partial charge in [-0.05, 0) is 60.5 Å². The first-order chi connectivity index (χ1) is 19.4. The van der Waals surface area contributed by atoms with Gasteiger partial charge in [-0.25, -0.2) is 19.6 Å². The van der Waals surface area contributed by atoms with E-state index in [0.29, 0.717) is 40.6 Å². The summed E-state index contributed by atoms with van der Waals surface area (Å²) in [6.07, 6.45) is -2.04. The molecule has 0 spiro atoms. The fraction of sp³-hybridized carbons (Fsp3) is 0.200. The number of nitrogens with one attached hydrogen (secondary N) is 3. The smallest absolute Gasteiger partial charge is 0.490 e.